The van der Waals surface area contributed by atoms with Gasteiger partial charge in [-0.05, 0) is 34.2 Å². The average Bonchev–Trinajstić information content (AvgIpc) is 2.15. The van der Waals surface area contributed by atoms with Crippen LogP contribution in [0.4, 0.5) is 0 Å². The molecule has 1 unspecified atom stereocenters. The quantitative estimate of drug-likeness (QED) is 0.837. The summed E-state index contributed by atoms with van der Waals surface area (Å²) < 4.78 is 1.11. The summed E-state index contributed by atoms with van der Waals surface area (Å²) >= 11 is 2.24. The molecule has 0 aliphatic heterocycles. The SMILES string of the molecule is CC(C)NCC(O)c1ccccc1I. The Morgan fingerprint density at radius 1 is 1.36 bits per heavy atom. The number of hydrogen-bond donors (Lipinski definition) is 2. The number of hydrogen-bond acceptors (Lipinski definition) is 2. The highest BCUT2D eigenvalue weighted by Crippen LogP contribution is 2.18. The third kappa shape index (κ3) is 3.55. The molecule has 14 heavy (non-hydrogen) atoms. The Balaban J connectivity index is 2.60. The first-order chi connectivity index (χ1) is 6.61. The zero-order valence-corrected chi connectivity index (χ0v) is 10.7. The van der Waals surface area contributed by atoms with Crippen molar-refractivity contribution in [3.05, 3.63) is 33.4 Å². The first-order valence-corrected chi connectivity index (χ1v) is 5.85. The number of aliphatic hydroxyl groups is 1. The molecule has 0 saturated carbocycles. The maximum atomic E-state index is 9.88. The second kappa shape index (κ2) is 5.68. The van der Waals surface area contributed by atoms with Gasteiger partial charge in [-0.1, -0.05) is 32.0 Å². The summed E-state index contributed by atoms with van der Waals surface area (Å²) in [5.41, 5.74) is 1.00. The smallest absolute Gasteiger partial charge is 0.0924 e. The maximum absolute atomic E-state index is 9.88. The number of nitrogens with one attached hydrogen (secondary N) is 1. The van der Waals surface area contributed by atoms with Crippen molar-refractivity contribution in [1.82, 2.24) is 5.32 Å². The molecule has 0 fully saturated rings. The van der Waals surface area contributed by atoms with Crippen LogP contribution in [0.1, 0.15) is 25.5 Å². The summed E-state index contributed by atoms with van der Waals surface area (Å²) in [4.78, 5) is 0. The lowest BCUT2D eigenvalue weighted by Gasteiger charge is -2.15. The van der Waals surface area contributed by atoms with Gasteiger partial charge in [0.25, 0.3) is 0 Å². The molecule has 3 heteroatoms. The molecule has 1 aromatic carbocycles. The molecule has 1 aromatic rings. The molecule has 0 amide bonds. The summed E-state index contributed by atoms with van der Waals surface area (Å²) in [7, 11) is 0. The van der Waals surface area contributed by atoms with Crippen molar-refractivity contribution >= 4 is 22.6 Å². The van der Waals surface area contributed by atoms with Gasteiger partial charge in [0.05, 0.1) is 6.10 Å². The lowest BCUT2D eigenvalue weighted by molar-refractivity contribution is 0.171. The van der Waals surface area contributed by atoms with E-state index in [1.165, 1.54) is 0 Å². The largest absolute Gasteiger partial charge is 0.387 e. The third-order valence-electron chi connectivity index (χ3n) is 1.98. The first kappa shape index (κ1) is 11.9. The monoisotopic (exact) mass is 305 g/mol. The van der Waals surface area contributed by atoms with Gasteiger partial charge in [0.1, 0.15) is 0 Å². The van der Waals surface area contributed by atoms with E-state index < -0.39 is 6.10 Å². The van der Waals surface area contributed by atoms with Crippen LogP contribution in [-0.2, 0) is 0 Å². The average molecular weight is 305 g/mol. The lowest BCUT2D eigenvalue weighted by Crippen LogP contribution is -2.28. The van der Waals surface area contributed by atoms with Crippen molar-refractivity contribution in [2.24, 2.45) is 0 Å². The normalized spacial score (nSPS) is 13.2. The van der Waals surface area contributed by atoms with Crippen LogP contribution in [-0.4, -0.2) is 17.7 Å². The number of aliphatic hydroxyl groups excluding tert-OH is 1. The number of rotatable bonds is 4. The molecule has 0 aromatic heterocycles. The summed E-state index contributed by atoms with van der Waals surface area (Å²) in [6.45, 7) is 4.75. The zero-order valence-electron chi connectivity index (χ0n) is 8.50. The predicted molar refractivity (Wildman–Crippen MR) is 67.3 cm³/mol. The Hall–Kier alpha value is -0.130. The van der Waals surface area contributed by atoms with Crippen LogP contribution in [0.15, 0.2) is 24.3 Å². The lowest BCUT2D eigenvalue weighted by atomic mass is 10.1. The van der Waals surface area contributed by atoms with Crippen LogP contribution in [0.5, 0.6) is 0 Å². The van der Waals surface area contributed by atoms with Crippen molar-refractivity contribution < 1.29 is 5.11 Å². The van der Waals surface area contributed by atoms with Gasteiger partial charge in [-0.3, -0.25) is 0 Å². The van der Waals surface area contributed by atoms with Gasteiger partial charge >= 0.3 is 0 Å². The summed E-state index contributed by atoms with van der Waals surface area (Å²) in [6.07, 6.45) is -0.412. The molecule has 1 atom stereocenters. The Kier molecular flexibility index (Phi) is 4.84. The van der Waals surface area contributed by atoms with Gasteiger partial charge in [-0.15, -0.1) is 0 Å². The highest BCUT2D eigenvalue weighted by Gasteiger charge is 2.10. The summed E-state index contributed by atoms with van der Waals surface area (Å²) in [5.74, 6) is 0. The van der Waals surface area contributed by atoms with Crippen molar-refractivity contribution in [2.75, 3.05) is 6.54 Å². The molecular formula is C11H16INO. The molecule has 2 N–H and O–H groups in total. The number of benzene rings is 1. The van der Waals surface area contributed by atoms with E-state index in [-0.39, 0.29) is 0 Å². The fourth-order valence-corrected chi connectivity index (χ4v) is 1.95. The first-order valence-electron chi connectivity index (χ1n) is 4.77. The Morgan fingerprint density at radius 3 is 2.57 bits per heavy atom. The van der Waals surface area contributed by atoms with Crippen LogP contribution in [0.25, 0.3) is 0 Å². The van der Waals surface area contributed by atoms with Gasteiger partial charge in [0.2, 0.25) is 0 Å². The molecule has 0 bridgehead atoms. The molecule has 0 spiro atoms. The molecule has 0 aliphatic carbocycles. The Labute approximate surface area is 98.9 Å². The fourth-order valence-electron chi connectivity index (χ4n) is 1.20. The van der Waals surface area contributed by atoms with Crippen molar-refractivity contribution in [3.63, 3.8) is 0 Å². The van der Waals surface area contributed by atoms with Crippen molar-refractivity contribution in [3.8, 4) is 0 Å². The summed E-state index contributed by atoms with van der Waals surface area (Å²) in [5, 5.41) is 13.1. The van der Waals surface area contributed by atoms with E-state index >= 15 is 0 Å². The van der Waals surface area contributed by atoms with Crippen LogP contribution in [0, 0.1) is 3.57 Å². The molecule has 78 valence electrons. The maximum Gasteiger partial charge on any atom is 0.0924 e. The highest BCUT2D eigenvalue weighted by atomic mass is 127. The molecule has 0 aliphatic rings. The van der Waals surface area contributed by atoms with E-state index in [4.69, 9.17) is 0 Å². The van der Waals surface area contributed by atoms with E-state index in [9.17, 15) is 5.11 Å². The zero-order chi connectivity index (χ0) is 10.6. The van der Waals surface area contributed by atoms with Gasteiger partial charge in [0.15, 0.2) is 0 Å². The summed E-state index contributed by atoms with van der Waals surface area (Å²) in [6, 6.07) is 8.32. The minimum absolute atomic E-state index is 0.408. The second-order valence-electron chi connectivity index (χ2n) is 3.60. The van der Waals surface area contributed by atoms with Crippen LogP contribution in [0.2, 0.25) is 0 Å². The van der Waals surface area contributed by atoms with Crippen LogP contribution < -0.4 is 5.32 Å². The molecular weight excluding hydrogens is 289 g/mol. The third-order valence-corrected chi connectivity index (χ3v) is 2.97. The van der Waals surface area contributed by atoms with Crippen LogP contribution >= 0.6 is 22.6 Å². The Bertz CT molecular complexity index is 288. The van der Waals surface area contributed by atoms with Crippen LogP contribution in [0.3, 0.4) is 0 Å². The van der Waals surface area contributed by atoms with E-state index in [0.717, 1.165) is 9.13 Å². The molecule has 1 rings (SSSR count). The standard InChI is InChI=1S/C11H16INO/c1-8(2)13-7-11(14)9-5-3-4-6-10(9)12/h3-6,8,11,13-14H,7H2,1-2H3. The van der Waals surface area contributed by atoms with E-state index in [1.807, 2.05) is 24.3 Å². The van der Waals surface area contributed by atoms with Gasteiger partial charge < -0.3 is 10.4 Å². The van der Waals surface area contributed by atoms with Crippen molar-refractivity contribution in [2.45, 2.75) is 26.0 Å². The van der Waals surface area contributed by atoms with E-state index in [2.05, 4.69) is 41.8 Å². The van der Waals surface area contributed by atoms with E-state index in [0.29, 0.717) is 12.6 Å². The topological polar surface area (TPSA) is 32.3 Å². The predicted octanol–water partition coefficient (Wildman–Crippen LogP) is 2.32. The highest BCUT2D eigenvalue weighted by molar-refractivity contribution is 14.1. The number of halogens is 1. The Morgan fingerprint density at radius 2 is 2.00 bits per heavy atom. The minimum atomic E-state index is -0.412. The molecule has 0 radical (unpaired) electrons. The van der Waals surface area contributed by atoms with Crippen molar-refractivity contribution in [1.29, 1.82) is 0 Å². The molecule has 2 nitrogen and oxygen atoms in total. The van der Waals surface area contributed by atoms with Gasteiger partial charge in [-0.2, -0.15) is 0 Å². The van der Waals surface area contributed by atoms with Gasteiger partial charge in [-0.25, -0.2) is 0 Å². The van der Waals surface area contributed by atoms with Gasteiger partial charge in [0, 0.05) is 16.2 Å². The minimum Gasteiger partial charge on any atom is -0.387 e. The molecule has 0 heterocycles. The fraction of sp³-hybridized carbons (Fsp3) is 0.455. The second-order valence-corrected chi connectivity index (χ2v) is 4.76. The van der Waals surface area contributed by atoms with E-state index in [1.54, 1.807) is 0 Å². The molecule has 0 saturated heterocycles.